The highest BCUT2D eigenvalue weighted by atomic mass is 32.2. The van der Waals surface area contributed by atoms with Crippen LogP contribution in [-0.4, -0.2) is 18.8 Å². The molecule has 3 heteroatoms. The largest absolute Gasteiger partial charge is 0.468 e. The number of benzene rings is 1. The van der Waals surface area contributed by atoms with Crippen molar-refractivity contribution in [2.45, 2.75) is 12.2 Å². The smallest absolute Gasteiger partial charge is 0.315 e. The van der Waals surface area contributed by atoms with Crippen LogP contribution in [0.4, 0.5) is 0 Å². The summed E-state index contributed by atoms with van der Waals surface area (Å²) in [5, 5.41) is 0.329. The Morgan fingerprint density at radius 3 is 2.64 bits per heavy atom. The first kappa shape index (κ1) is 11.1. The average Bonchev–Trinajstić information content (AvgIpc) is 2.26. The molecule has 0 aliphatic rings. The van der Waals surface area contributed by atoms with E-state index in [1.807, 2.05) is 18.2 Å². The van der Waals surface area contributed by atoms with Gasteiger partial charge in [-0.2, -0.15) is 0 Å². The maximum Gasteiger partial charge on any atom is 0.315 e. The van der Waals surface area contributed by atoms with E-state index in [2.05, 4.69) is 23.8 Å². The van der Waals surface area contributed by atoms with Crippen molar-refractivity contribution < 1.29 is 9.53 Å². The van der Waals surface area contributed by atoms with Gasteiger partial charge in [-0.3, -0.25) is 4.79 Å². The van der Waals surface area contributed by atoms with Gasteiger partial charge in [0.2, 0.25) is 0 Å². The Balaban J connectivity index is 2.43. The number of ether oxygens (including phenoxy) is 1. The Morgan fingerprint density at radius 1 is 1.43 bits per heavy atom. The molecule has 0 spiro atoms. The van der Waals surface area contributed by atoms with E-state index in [0.29, 0.717) is 11.0 Å². The van der Waals surface area contributed by atoms with Crippen LogP contribution in [0.2, 0.25) is 0 Å². The molecule has 1 atom stereocenters. The van der Waals surface area contributed by atoms with E-state index < -0.39 is 0 Å². The van der Waals surface area contributed by atoms with Crippen LogP contribution in [-0.2, 0) is 9.53 Å². The second kappa shape index (κ2) is 5.70. The van der Waals surface area contributed by atoms with Crippen molar-refractivity contribution in [3.05, 3.63) is 35.9 Å². The summed E-state index contributed by atoms with van der Waals surface area (Å²) < 4.78 is 4.58. The fourth-order valence-electron chi connectivity index (χ4n) is 1.07. The number of carbonyl (C=O) groups is 1. The van der Waals surface area contributed by atoms with Crippen LogP contribution >= 0.6 is 11.8 Å². The van der Waals surface area contributed by atoms with E-state index >= 15 is 0 Å². The summed E-state index contributed by atoms with van der Waals surface area (Å²) in [7, 11) is 1.41. The van der Waals surface area contributed by atoms with Crippen LogP contribution in [0, 0.1) is 0 Å². The van der Waals surface area contributed by atoms with Crippen molar-refractivity contribution in [2.75, 3.05) is 12.9 Å². The SMILES string of the molecule is COC(=O)CS[C@@H](C)c1ccccc1. The van der Waals surface area contributed by atoms with E-state index in [0.717, 1.165) is 0 Å². The minimum absolute atomic E-state index is 0.169. The Labute approximate surface area is 88.7 Å². The van der Waals surface area contributed by atoms with Gasteiger partial charge in [-0.15, -0.1) is 11.8 Å². The quantitative estimate of drug-likeness (QED) is 0.715. The lowest BCUT2D eigenvalue weighted by Gasteiger charge is -2.09. The monoisotopic (exact) mass is 210 g/mol. The van der Waals surface area contributed by atoms with Crippen LogP contribution < -0.4 is 0 Å². The molecule has 1 aromatic carbocycles. The molecule has 0 heterocycles. The molecular weight excluding hydrogens is 196 g/mol. The molecule has 0 N–H and O–H groups in total. The van der Waals surface area contributed by atoms with Crippen molar-refractivity contribution in [3.8, 4) is 0 Å². The molecule has 1 aromatic rings. The summed E-state index contributed by atoms with van der Waals surface area (Å²) >= 11 is 1.59. The van der Waals surface area contributed by atoms with E-state index in [1.54, 1.807) is 11.8 Å². The van der Waals surface area contributed by atoms with Crippen LogP contribution in [0.15, 0.2) is 30.3 Å². The number of hydrogen-bond donors (Lipinski definition) is 0. The van der Waals surface area contributed by atoms with Crippen LogP contribution in [0.3, 0.4) is 0 Å². The Hall–Kier alpha value is -0.960. The predicted octanol–water partition coefficient (Wildman–Crippen LogP) is 2.65. The molecule has 0 saturated carbocycles. The molecule has 0 aliphatic heterocycles. The van der Waals surface area contributed by atoms with Gasteiger partial charge in [-0.25, -0.2) is 0 Å². The maximum atomic E-state index is 10.9. The van der Waals surface area contributed by atoms with Crippen LogP contribution in [0.5, 0.6) is 0 Å². The Morgan fingerprint density at radius 2 is 2.07 bits per heavy atom. The zero-order chi connectivity index (χ0) is 10.4. The molecule has 1 rings (SSSR count). The molecule has 14 heavy (non-hydrogen) atoms. The second-order valence-corrected chi connectivity index (χ2v) is 4.27. The first-order chi connectivity index (χ1) is 6.74. The van der Waals surface area contributed by atoms with Gasteiger partial charge in [0.15, 0.2) is 0 Å². The first-order valence-corrected chi connectivity index (χ1v) is 5.52. The highest BCUT2D eigenvalue weighted by Gasteiger charge is 2.08. The molecular formula is C11H14O2S. The van der Waals surface area contributed by atoms with Crippen molar-refractivity contribution in [1.29, 1.82) is 0 Å². The standard InChI is InChI=1S/C11H14O2S/c1-9(14-8-11(12)13-2)10-6-4-3-5-7-10/h3-7,9H,8H2,1-2H3/t9-/m0/s1. The van der Waals surface area contributed by atoms with E-state index in [4.69, 9.17) is 0 Å². The lowest BCUT2D eigenvalue weighted by atomic mass is 10.2. The van der Waals surface area contributed by atoms with E-state index in [1.165, 1.54) is 12.7 Å². The van der Waals surface area contributed by atoms with Gasteiger partial charge in [0.1, 0.15) is 0 Å². The number of carbonyl (C=O) groups excluding carboxylic acids is 1. The van der Waals surface area contributed by atoms with Crippen molar-refractivity contribution in [3.63, 3.8) is 0 Å². The molecule has 0 aromatic heterocycles. The highest BCUT2D eigenvalue weighted by molar-refractivity contribution is 8.00. The fourth-order valence-corrected chi connectivity index (χ4v) is 1.93. The zero-order valence-electron chi connectivity index (χ0n) is 8.40. The van der Waals surface area contributed by atoms with Gasteiger partial charge in [0, 0.05) is 5.25 Å². The van der Waals surface area contributed by atoms with Gasteiger partial charge >= 0.3 is 5.97 Å². The molecule has 76 valence electrons. The minimum Gasteiger partial charge on any atom is -0.468 e. The summed E-state index contributed by atoms with van der Waals surface area (Å²) in [5.74, 6) is 0.241. The van der Waals surface area contributed by atoms with Gasteiger partial charge in [-0.1, -0.05) is 30.3 Å². The molecule has 0 saturated heterocycles. The molecule has 0 unspecified atom stereocenters. The van der Waals surface area contributed by atoms with Gasteiger partial charge in [0.25, 0.3) is 0 Å². The predicted molar refractivity (Wildman–Crippen MR) is 59.3 cm³/mol. The summed E-state index contributed by atoms with van der Waals surface area (Å²) in [4.78, 5) is 10.9. The number of thioether (sulfide) groups is 1. The molecule has 0 aliphatic carbocycles. The van der Waals surface area contributed by atoms with Crippen molar-refractivity contribution in [2.24, 2.45) is 0 Å². The van der Waals surface area contributed by atoms with Gasteiger partial charge in [-0.05, 0) is 12.5 Å². The fraction of sp³-hybridized carbons (Fsp3) is 0.364. The molecule has 0 radical (unpaired) electrons. The summed E-state index contributed by atoms with van der Waals surface area (Å²) in [6.07, 6.45) is 0. The molecule has 0 bridgehead atoms. The lowest BCUT2D eigenvalue weighted by Crippen LogP contribution is -2.04. The Bertz CT molecular complexity index is 285. The third-order valence-electron chi connectivity index (χ3n) is 1.95. The van der Waals surface area contributed by atoms with Gasteiger partial charge < -0.3 is 4.74 Å². The zero-order valence-corrected chi connectivity index (χ0v) is 9.21. The summed E-state index contributed by atoms with van der Waals surface area (Å²) in [6.45, 7) is 2.09. The number of esters is 1. The van der Waals surface area contributed by atoms with Gasteiger partial charge in [0.05, 0.1) is 12.9 Å². The number of rotatable bonds is 4. The molecule has 0 fully saturated rings. The minimum atomic E-state index is -0.169. The third-order valence-corrected chi connectivity index (χ3v) is 3.12. The van der Waals surface area contributed by atoms with E-state index in [9.17, 15) is 4.79 Å². The number of methoxy groups -OCH3 is 1. The van der Waals surface area contributed by atoms with E-state index in [-0.39, 0.29) is 5.97 Å². The van der Waals surface area contributed by atoms with Crippen LogP contribution in [0.25, 0.3) is 0 Å². The normalized spacial score (nSPS) is 12.1. The second-order valence-electron chi connectivity index (χ2n) is 2.94. The highest BCUT2D eigenvalue weighted by Crippen LogP contribution is 2.27. The topological polar surface area (TPSA) is 26.3 Å². The Kier molecular flexibility index (Phi) is 4.53. The molecule has 2 nitrogen and oxygen atoms in total. The summed E-state index contributed by atoms with van der Waals surface area (Å²) in [5.41, 5.74) is 1.24. The lowest BCUT2D eigenvalue weighted by molar-refractivity contribution is -0.137. The average molecular weight is 210 g/mol. The van der Waals surface area contributed by atoms with Crippen molar-refractivity contribution in [1.82, 2.24) is 0 Å². The van der Waals surface area contributed by atoms with Crippen LogP contribution in [0.1, 0.15) is 17.7 Å². The molecule has 0 amide bonds. The summed E-state index contributed by atoms with van der Waals surface area (Å²) in [6, 6.07) is 10.1. The number of hydrogen-bond acceptors (Lipinski definition) is 3. The maximum absolute atomic E-state index is 10.9. The van der Waals surface area contributed by atoms with Crippen molar-refractivity contribution >= 4 is 17.7 Å². The third kappa shape index (κ3) is 3.42. The first-order valence-electron chi connectivity index (χ1n) is 4.47.